The molecule has 3 aromatic rings. The van der Waals surface area contributed by atoms with Gasteiger partial charge in [0, 0.05) is 5.75 Å². The number of ether oxygens (including phenoxy) is 1. The van der Waals surface area contributed by atoms with Gasteiger partial charge in [0.15, 0.2) is 11.0 Å². The summed E-state index contributed by atoms with van der Waals surface area (Å²) in [5.41, 5.74) is -0.751. The number of nitrogens with zero attached hydrogens (tertiary/aromatic N) is 3. The molecule has 0 spiro atoms. The Hall–Kier alpha value is -3.01. The van der Waals surface area contributed by atoms with Gasteiger partial charge in [0.2, 0.25) is 0 Å². The molecule has 0 aliphatic carbocycles. The van der Waals surface area contributed by atoms with E-state index in [2.05, 4.69) is 22.4 Å². The van der Waals surface area contributed by atoms with E-state index in [0.717, 1.165) is 30.7 Å². The molecule has 0 atom stereocenters. The van der Waals surface area contributed by atoms with Crippen LogP contribution in [-0.2, 0) is 12.7 Å². The summed E-state index contributed by atoms with van der Waals surface area (Å²) in [6.07, 6.45) is -2.62. The predicted molar refractivity (Wildman–Crippen MR) is 116 cm³/mol. The van der Waals surface area contributed by atoms with Crippen LogP contribution in [0.5, 0.6) is 5.75 Å². The Labute approximate surface area is 188 Å². The van der Waals surface area contributed by atoms with Gasteiger partial charge in [0.1, 0.15) is 5.75 Å². The summed E-state index contributed by atoms with van der Waals surface area (Å²) in [7, 11) is 1.54. The highest BCUT2D eigenvalue weighted by Crippen LogP contribution is 2.32. The van der Waals surface area contributed by atoms with Crippen molar-refractivity contribution in [3.63, 3.8) is 0 Å². The summed E-state index contributed by atoms with van der Waals surface area (Å²) in [5, 5.41) is 11.6. The van der Waals surface area contributed by atoms with Crippen LogP contribution in [0, 0.1) is 0 Å². The lowest BCUT2D eigenvalue weighted by Gasteiger charge is -2.15. The zero-order valence-corrected chi connectivity index (χ0v) is 18.5. The SMILES string of the molecule is CCCCSc1nnc(CNC(=O)c2ccccc2C(F)(F)F)n1-c1ccccc1OC. The third-order valence-electron chi connectivity index (χ3n) is 4.64. The van der Waals surface area contributed by atoms with Crippen molar-refractivity contribution in [2.45, 2.75) is 37.6 Å². The third-order valence-corrected chi connectivity index (χ3v) is 5.65. The van der Waals surface area contributed by atoms with Crippen LogP contribution >= 0.6 is 11.8 Å². The number of carbonyl (C=O) groups is 1. The van der Waals surface area contributed by atoms with Crippen molar-refractivity contribution in [1.29, 1.82) is 0 Å². The van der Waals surface area contributed by atoms with Crippen LogP contribution in [0.25, 0.3) is 5.69 Å². The Morgan fingerprint density at radius 2 is 1.84 bits per heavy atom. The minimum atomic E-state index is -4.63. The number of alkyl halides is 3. The number of nitrogens with one attached hydrogen (secondary N) is 1. The van der Waals surface area contributed by atoms with E-state index >= 15 is 0 Å². The Bertz CT molecular complexity index is 1070. The van der Waals surface area contributed by atoms with Crippen molar-refractivity contribution < 1.29 is 22.7 Å². The highest BCUT2D eigenvalue weighted by molar-refractivity contribution is 7.99. The number of aromatic nitrogens is 3. The molecule has 1 heterocycles. The normalized spacial score (nSPS) is 11.4. The van der Waals surface area contributed by atoms with Gasteiger partial charge in [-0.3, -0.25) is 9.36 Å². The number of hydrogen-bond donors (Lipinski definition) is 1. The second kappa shape index (κ2) is 10.5. The number of carbonyl (C=O) groups excluding carboxylic acids is 1. The smallest absolute Gasteiger partial charge is 0.417 e. The van der Waals surface area contributed by atoms with Crippen LogP contribution in [0.2, 0.25) is 0 Å². The fourth-order valence-electron chi connectivity index (χ4n) is 3.06. The van der Waals surface area contributed by atoms with Crippen molar-refractivity contribution in [2.24, 2.45) is 0 Å². The molecule has 0 radical (unpaired) electrons. The minimum Gasteiger partial charge on any atom is -0.495 e. The Kier molecular flexibility index (Phi) is 7.79. The lowest BCUT2D eigenvalue weighted by atomic mass is 10.1. The van der Waals surface area contributed by atoms with E-state index in [0.29, 0.717) is 22.4 Å². The molecular formula is C22H23F3N4O2S. The Balaban J connectivity index is 1.90. The second-order valence-corrected chi connectivity index (χ2v) is 7.90. The molecule has 32 heavy (non-hydrogen) atoms. The molecule has 0 saturated carbocycles. The lowest BCUT2D eigenvalue weighted by molar-refractivity contribution is -0.137. The number of thioether (sulfide) groups is 1. The Morgan fingerprint density at radius 1 is 1.12 bits per heavy atom. The fourth-order valence-corrected chi connectivity index (χ4v) is 4.10. The monoisotopic (exact) mass is 464 g/mol. The number of hydrogen-bond acceptors (Lipinski definition) is 5. The first-order valence-corrected chi connectivity index (χ1v) is 11.0. The fraction of sp³-hybridized carbons (Fsp3) is 0.318. The summed E-state index contributed by atoms with van der Waals surface area (Å²) < 4.78 is 47.0. The van der Waals surface area contributed by atoms with Crippen LogP contribution in [0.1, 0.15) is 41.5 Å². The molecular weight excluding hydrogens is 441 g/mol. The van der Waals surface area contributed by atoms with Gasteiger partial charge in [-0.25, -0.2) is 0 Å². The first-order chi connectivity index (χ1) is 15.4. The molecule has 6 nitrogen and oxygen atoms in total. The van der Waals surface area contributed by atoms with Gasteiger partial charge in [0.25, 0.3) is 5.91 Å². The van der Waals surface area contributed by atoms with Crippen molar-refractivity contribution in [1.82, 2.24) is 20.1 Å². The quantitative estimate of drug-likeness (QED) is 0.352. The summed E-state index contributed by atoms with van der Waals surface area (Å²) in [4.78, 5) is 12.6. The summed E-state index contributed by atoms with van der Waals surface area (Å²) in [5.74, 6) is 0.952. The first-order valence-electron chi connectivity index (χ1n) is 10.0. The van der Waals surface area contributed by atoms with Crippen molar-refractivity contribution in [3.8, 4) is 11.4 Å². The van der Waals surface area contributed by atoms with Crippen LogP contribution in [-0.4, -0.2) is 33.5 Å². The number of methoxy groups -OCH3 is 1. The molecule has 1 amide bonds. The largest absolute Gasteiger partial charge is 0.495 e. The van der Waals surface area contributed by atoms with Gasteiger partial charge < -0.3 is 10.1 Å². The van der Waals surface area contributed by atoms with Gasteiger partial charge in [-0.15, -0.1) is 10.2 Å². The zero-order chi connectivity index (χ0) is 23.1. The average molecular weight is 465 g/mol. The molecule has 0 saturated heterocycles. The third kappa shape index (κ3) is 5.42. The topological polar surface area (TPSA) is 69.0 Å². The molecule has 3 rings (SSSR count). The number of unbranched alkanes of at least 4 members (excludes halogenated alkanes) is 1. The minimum absolute atomic E-state index is 0.107. The van der Waals surface area contributed by atoms with Crippen LogP contribution in [0.4, 0.5) is 13.2 Å². The van der Waals surface area contributed by atoms with E-state index in [1.54, 1.807) is 17.7 Å². The van der Waals surface area contributed by atoms with E-state index in [1.807, 2.05) is 18.2 Å². The average Bonchev–Trinajstić information content (AvgIpc) is 3.19. The number of benzene rings is 2. The maximum Gasteiger partial charge on any atom is 0.417 e. The van der Waals surface area contributed by atoms with Crippen molar-refractivity contribution >= 4 is 17.7 Å². The Morgan fingerprint density at radius 3 is 2.56 bits per heavy atom. The molecule has 1 aromatic heterocycles. The number of amides is 1. The van der Waals surface area contributed by atoms with Crippen LogP contribution < -0.4 is 10.1 Å². The first kappa shape index (κ1) is 23.6. The molecule has 0 fully saturated rings. The molecule has 170 valence electrons. The maximum atomic E-state index is 13.3. The van der Waals surface area contributed by atoms with Gasteiger partial charge in [0.05, 0.1) is 30.5 Å². The van der Waals surface area contributed by atoms with Crippen LogP contribution in [0.3, 0.4) is 0 Å². The van der Waals surface area contributed by atoms with Gasteiger partial charge in [-0.05, 0) is 30.7 Å². The maximum absolute atomic E-state index is 13.3. The predicted octanol–water partition coefficient (Wildman–Crippen LogP) is 5.12. The second-order valence-electron chi connectivity index (χ2n) is 6.83. The number of para-hydroxylation sites is 2. The lowest BCUT2D eigenvalue weighted by Crippen LogP contribution is -2.27. The van der Waals surface area contributed by atoms with E-state index in [9.17, 15) is 18.0 Å². The summed E-state index contributed by atoms with van der Waals surface area (Å²) in [6, 6.07) is 12.0. The summed E-state index contributed by atoms with van der Waals surface area (Å²) in [6.45, 7) is 1.98. The standard InChI is InChI=1S/C22H23F3N4O2S/c1-3-4-13-32-21-28-27-19(29(21)17-11-7-8-12-18(17)31-2)14-26-20(30)15-9-5-6-10-16(15)22(23,24)25/h5-12H,3-4,13-14H2,1-2H3,(H,26,30). The van der Waals surface area contributed by atoms with Crippen LogP contribution in [0.15, 0.2) is 53.7 Å². The van der Waals surface area contributed by atoms with Gasteiger partial charge >= 0.3 is 6.18 Å². The molecule has 0 aliphatic rings. The van der Waals surface area contributed by atoms with Crippen molar-refractivity contribution in [2.75, 3.05) is 12.9 Å². The molecule has 0 bridgehead atoms. The van der Waals surface area contributed by atoms with E-state index in [1.165, 1.54) is 23.9 Å². The highest BCUT2D eigenvalue weighted by Gasteiger charge is 2.34. The number of rotatable bonds is 9. The summed E-state index contributed by atoms with van der Waals surface area (Å²) >= 11 is 1.52. The van der Waals surface area contributed by atoms with E-state index in [4.69, 9.17) is 4.74 Å². The molecule has 1 N–H and O–H groups in total. The zero-order valence-electron chi connectivity index (χ0n) is 17.6. The van der Waals surface area contributed by atoms with Gasteiger partial charge in [-0.1, -0.05) is 49.4 Å². The molecule has 0 aliphatic heterocycles. The van der Waals surface area contributed by atoms with Crippen molar-refractivity contribution in [3.05, 3.63) is 65.5 Å². The van der Waals surface area contributed by atoms with E-state index in [-0.39, 0.29) is 6.54 Å². The highest BCUT2D eigenvalue weighted by atomic mass is 32.2. The number of halogens is 3. The van der Waals surface area contributed by atoms with Gasteiger partial charge in [-0.2, -0.15) is 13.2 Å². The molecule has 2 aromatic carbocycles. The molecule has 0 unspecified atom stereocenters. The molecule has 10 heteroatoms. The van der Waals surface area contributed by atoms with E-state index < -0.39 is 23.2 Å².